The van der Waals surface area contributed by atoms with Crippen LogP contribution in [-0.2, 0) is 0 Å². The predicted octanol–water partition coefficient (Wildman–Crippen LogP) is 4.43. The molecule has 0 unspecified atom stereocenters. The number of allylic oxidation sites excluding steroid dienone is 1. The number of hydrogen-bond acceptors (Lipinski definition) is 2. The van der Waals surface area contributed by atoms with Gasteiger partial charge in [0.2, 0.25) is 0 Å². The van der Waals surface area contributed by atoms with Crippen molar-refractivity contribution in [2.75, 3.05) is 18.0 Å². The minimum atomic E-state index is 0.0324. The molecule has 21 heavy (non-hydrogen) atoms. The third-order valence-corrected chi connectivity index (χ3v) is 3.51. The number of carbonyl (C=O) groups excluding carboxylic acids is 1. The molecular formula is C19H21NO. The first kappa shape index (κ1) is 15.0. The second kappa shape index (κ2) is 7.44. The van der Waals surface area contributed by atoms with Crippen LogP contribution in [0.25, 0.3) is 6.08 Å². The van der Waals surface area contributed by atoms with Crippen molar-refractivity contribution in [1.29, 1.82) is 0 Å². The molecule has 0 aliphatic carbocycles. The van der Waals surface area contributed by atoms with Gasteiger partial charge >= 0.3 is 0 Å². The Morgan fingerprint density at radius 3 is 2.24 bits per heavy atom. The quantitative estimate of drug-likeness (QED) is 0.576. The molecule has 0 saturated carbocycles. The minimum absolute atomic E-state index is 0.0324. The van der Waals surface area contributed by atoms with Crippen LogP contribution >= 0.6 is 0 Å². The van der Waals surface area contributed by atoms with Crippen LogP contribution in [0.4, 0.5) is 5.69 Å². The Morgan fingerprint density at radius 2 is 1.57 bits per heavy atom. The normalized spacial score (nSPS) is 10.8. The third-order valence-electron chi connectivity index (χ3n) is 3.51. The molecule has 0 N–H and O–H groups in total. The number of ketones is 1. The number of nitrogens with zero attached hydrogens (tertiary/aromatic N) is 1. The molecule has 0 radical (unpaired) electrons. The van der Waals surface area contributed by atoms with E-state index in [1.165, 1.54) is 5.69 Å². The summed E-state index contributed by atoms with van der Waals surface area (Å²) in [6.45, 7) is 6.18. The number of rotatable bonds is 6. The first-order chi connectivity index (χ1) is 10.3. The van der Waals surface area contributed by atoms with Crippen molar-refractivity contribution in [2.45, 2.75) is 13.8 Å². The van der Waals surface area contributed by atoms with Crippen molar-refractivity contribution in [3.05, 3.63) is 71.8 Å². The molecule has 0 spiro atoms. The molecule has 2 aromatic rings. The number of para-hydroxylation sites is 1. The highest BCUT2D eigenvalue weighted by molar-refractivity contribution is 6.07. The average molecular weight is 279 g/mol. The summed E-state index contributed by atoms with van der Waals surface area (Å²) in [4.78, 5) is 14.4. The smallest absolute Gasteiger partial charge is 0.185 e. The lowest BCUT2D eigenvalue weighted by molar-refractivity contribution is 0.104. The van der Waals surface area contributed by atoms with E-state index in [0.717, 1.165) is 18.7 Å². The first-order valence-electron chi connectivity index (χ1n) is 7.37. The summed E-state index contributed by atoms with van der Waals surface area (Å²) in [6, 6.07) is 17.5. The summed E-state index contributed by atoms with van der Waals surface area (Å²) in [5.41, 5.74) is 2.96. The van der Waals surface area contributed by atoms with Gasteiger partial charge < -0.3 is 4.90 Å². The largest absolute Gasteiger partial charge is 0.372 e. The zero-order chi connectivity index (χ0) is 15.1. The fraction of sp³-hybridized carbons (Fsp3) is 0.211. The van der Waals surface area contributed by atoms with Crippen molar-refractivity contribution in [2.24, 2.45) is 0 Å². The Labute approximate surface area is 126 Å². The Kier molecular flexibility index (Phi) is 5.33. The molecule has 0 bridgehead atoms. The van der Waals surface area contributed by atoms with Crippen LogP contribution in [0.5, 0.6) is 0 Å². The lowest BCUT2D eigenvalue weighted by Gasteiger charge is -2.23. The molecule has 108 valence electrons. The fourth-order valence-corrected chi connectivity index (χ4v) is 2.34. The van der Waals surface area contributed by atoms with E-state index in [9.17, 15) is 4.79 Å². The van der Waals surface area contributed by atoms with E-state index < -0.39 is 0 Å². The van der Waals surface area contributed by atoms with E-state index in [4.69, 9.17) is 0 Å². The van der Waals surface area contributed by atoms with Gasteiger partial charge in [0.25, 0.3) is 0 Å². The van der Waals surface area contributed by atoms with Crippen molar-refractivity contribution >= 4 is 17.5 Å². The van der Waals surface area contributed by atoms with Crippen LogP contribution in [0.2, 0.25) is 0 Å². The van der Waals surface area contributed by atoms with E-state index in [1.54, 1.807) is 6.08 Å². The van der Waals surface area contributed by atoms with Gasteiger partial charge in [0.05, 0.1) is 0 Å². The van der Waals surface area contributed by atoms with Gasteiger partial charge in [-0.2, -0.15) is 0 Å². The summed E-state index contributed by atoms with van der Waals surface area (Å²) >= 11 is 0. The van der Waals surface area contributed by atoms with Crippen LogP contribution in [0.15, 0.2) is 60.7 Å². The van der Waals surface area contributed by atoms with Gasteiger partial charge in [-0.15, -0.1) is 0 Å². The zero-order valence-corrected chi connectivity index (χ0v) is 12.6. The molecule has 0 aromatic heterocycles. The molecule has 2 heteroatoms. The Morgan fingerprint density at radius 1 is 0.952 bits per heavy atom. The molecule has 2 rings (SSSR count). The van der Waals surface area contributed by atoms with Gasteiger partial charge in [-0.1, -0.05) is 48.5 Å². The zero-order valence-electron chi connectivity index (χ0n) is 12.6. The molecule has 0 aliphatic heterocycles. The summed E-state index contributed by atoms with van der Waals surface area (Å²) < 4.78 is 0. The molecule has 2 nitrogen and oxygen atoms in total. The van der Waals surface area contributed by atoms with Gasteiger partial charge in [-0.25, -0.2) is 0 Å². The van der Waals surface area contributed by atoms with Crippen molar-refractivity contribution in [3.8, 4) is 0 Å². The molecule has 0 fully saturated rings. The lowest BCUT2D eigenvalue weighted by Crippen LogP contribution is -2.22. The number of carbonyl (C=O) groups is 1. The third kappa shape index (κ3) is 3.82. The minimum Gasteiger partial charge on any atom is -0.372 e. The topological polar surface area (TPSA) is 20.3 Å². The monoisotopic (exact) mass is 279 g/mol. The Bertz CT molecular complexity index is 612. The molecule has 0 atom stereocenters. The second-order valence-electron chi connectivity index (χ2n) is 4.79. The van der Waals surface area contributed by atoms with Crippen LogP contribution < -0.4 is 4.90 Å². The molecular weight excluding hydrogens is 258 g/mol. The molecule has 2 aromatic carbocycles. The summed E-state index contributed by atoms with van der Waals surface area (Å²) in [6.07, 6.45) is 3.56. The highest BCUT2D eigenvalue weighted by Crippen LogP contribution is 2.21. The van der Waals surface area contributed by atoms with E-state index >= 15 is 0 Å². The highest BCUT2D eigenvalue weighted by atomic mass is 16.1. The predicted molar refractivity (Wildman–Crippen MR) is 89.8 cm³/mol. The van der Waals surface area contributed by atoms with E-state index in [-0.39, 0.29) is 5.78 Å². The van der Waals surface area contributed by atoms with Crippen molar-refractivity contribution in [1.82, 2.24) is 0 Å². The van der Waals surface area contributed by atoms with Gasteiger partial charge in [-0.05, 0) is 37.6 Å². The van der Waals surface area contributed by atoms with Crippen LogP contribution in [0, 0.1) is 0 Å². The van der Waals surface area contributed by atoms with Crippen molar-refractivity contribution < 1.29 is 4.79 Å². The van der Waals surface area contributed by atoms with E-state index in [2.05, 4.69) is 24.8 Å². The van der Waals surface area contributed by atoms with Gasteiger partial charge in [0.1, 0.15) is 0 Å². The fourth-order valence-electron chi connectivity index (χ4n) is 2.34. The maximum absolute atomic E-state index is 12.1. The Hall–Kier alpha value is -2.35. The molecule has 0 saturated heterocycles. The lowest BCUT2D eigenvalue weighted by atomic mass is 10.1. The Balaban J connectivity index is 2.23. The summed E-state index contributed by atoms with van der Waals surface area (Å²) in [7, 11) is 0. The molecule has 0 aliphatic rings. The van der Waals surface area contributed by atoms with E-state index in [0.29, 0.717) is 5.56 Å². The number of hydrogen-bond donors (Lipinski definition) is 0. The summed E-state index contributed by atoms with van der Waals surface area (Å²) in [5.74, 6) is 0.0324. The van der Waals surface area contributed by atoms with Crippen LogP contribution in [-0.4, -0.2) is 18.9 Å². The molecule has 0 amide bonds. The van der Waals surface area contributed by atoms with Gasteiger partial charge in [-0.3, -0.25) is 4.79 Å². The molecule has 0 heterocycles. The average Bonchev–Trinajstić information content (AvgIpc) is 2.55. The highest BCUT2D eigenvalue weighted by Gasteiger charge is 2.06. The second-order valence-corrected chi connectivity index (χ2v) is 4.79. The first-order valence-corrected chi connectivity index (χ1v) is 7.37. The number of anilines is 1. The number of benzene rings is 2. The van der Waals surface area contributed by atoms with Crippen LogP contribution in [0.3, 0.4) is 0 Å². The summed E-state index contributed by atoms with van der Waals surface area (Å²) in [5, 5.41) is 0. The van der Waals surface area contributed by atoms with E-state index in [1.807, 2.05) is 54.6 Å². The van der Waals surface area contributed by atoms with Crippen molar-refractivity contribution in [3.63, 3.8) is 0 Å². The van der Waals surface area contributed by atoms with Crippen LogP contribution in [0.1, 0.15) is 29.8 Å². The van der Waals surface area contributed by atoms with Gasteiger partial charge in [0, 0.05) is 24.3 Å². The van der Waals surface area contributed by atoms with Gasteiger partial charge in [0.15, 0.2) is 5.78 Å². The standard InChI is InChI=1S/C19H21NO/c1-3-20(4-2)18-13-9-8-10-16(18)14-15-19(21)17-11-6-5-7-12-17/h5-15H,3-4H2,1-2H3. The SMILES string of the molecule is CCN(CC)c1ccccc1C=CC(=O)c1ccccc1. The maximum Gasteiger partial charge on any atom is 0.185 e. The maximum atomic E-state index is 12.1.